The molecule has 11 nitrogen and oxygen atoms in total. The number of likely N-dealkylation sites (tertiary alicyclic amines) is 1. The predicted molar refractivity (Wildman–Crippen MR) is 174 cm³/mol. The second-order valence-electron chi connectivity index (χ2n) is 13.3. The molecule has 1 unspecified atom stereocenters. The van der Waals surface area contributed by atoms with Gasteiger partial charge in [0.2, 0.25) is 11.8 Å². The Kier molecular flexibility index (Phi) is 7.65. The van der Waals surface area contributed by atoms with Crippen molar-refractivity contribution in [3.05, 3.63) is 47.4 Å². The van der Waals surface area contributed by atoms with Crippen LogP contribution in [-0.2, 0) is 33.8 Å². The van der Waals surface area contributed by atoms with E-state index in [1.54, 1.807) is 16.8 Å². The van der Waals surface area contributed by atoms with E-state index in [1.165, 1.54) is 4.90 Å². The Morgan fingerprint density at radius 2 is 1.85 bits per heavy atom. The number of amides is 3. The quantitative estimate of drug-likeness (QED) is 0.466. The zero-order valence-corrected chi connectivity index (χ0v) is 27.1. The lowest BCUT2D eigenvalue weighted by Crippen LogP contribution is -2.66. The van der Waals surface area contributed by atoms with Gasteiger partial charge >= 0.3 is 0 Å². The second kappa shape index (κ2) is 11.6. The molecule has 7 rings (SSSR count). The summed E-state index contributed by atoms with van der Waals surface area (Å²) in [6.45, 7) is 8.20. The van der Waals surface area contributed by atoms with Crippen LogP contribution in [0.15, 0.2) is 30.6 Å². The van der Waals surface area contributed by atoms with Crippen LogP contribution in [0.3, 0.4) is 0 Å². The molecule has 0 bridgehead atoms. The summed E-state index contributed by atoms with van der Waals surface area (Å²) in [6.07, 6.45) is 4.04. The van der Waals surface area contributed by atoms with Crippen LogP contribution >= 0.6 is 0 Å². The maximum atomic E-state index is 14.0. The molecule has 244 valence electrons. The molecule has 46 heavy (non-hydrogen) atoms. The van der Waals surface area contributed by atoms with Gasteiger partial charge in [-0.25, -0.2) is 9.37 Å². The number of hydrogen-bond acceptors (Lipinski definition) is 8. The van der Waals surface area contributed by atoms with Crippen molar-refractivity contribution in [1.82, 2.24) is 14.8 Å². The highest BCUT2D eigenvalue weighted by Gasteiger charge is 2.47. The van der Waals surface area contributed by atoms with E-state index in [0.717, 1.165) is 59.7 Å². The van der Waals surface area contributed by atoms with Gasteiger partial charge in [0, 0.05) is 51.3 Å². The normalized spacial score (nSPS) is 24.5. The van der Waals surface area contributed by atoms with E-state index < -0.39 is 17.8 Å². The monoisotopic (exact) mass is 631 g/mol. The molecule has 2 aromatic rings. The molecule has 1 aromatic heterocycles. The van der Waals surface area contributed by atoms with Gasteiger partial charge in [0.05, 0.1) is 35.8 Å². The van der Waals surface area contributed by atoms with Gasteiger partial charge in [-0.2, -0.15) is 0 Å². The van der Waals surface area contributed by atoms with Crippen LogP contribution < -0.4 is 24.3 Å². The standard InChI is InChI=1S/C34H42FN7O4/c1-20-16-42-27(18-41(20)33(44)21(2)35)34(45)39(5)31-30(42)24-13-15-40(26-10-6-8-22-11-12-28(43)38(4)29(22)26)17-25(24)36-32(31)46-19-23-9-7-14-37(23)3/h6,8,10,20,23,27H,2,7,9,11-19H2,1,3-5H3/t20-,23+,27?/m1/s1. The highest BCUT2D eigenvalue weighted by atomic mass is 19.1. The summed E-state index contributed by atoms with van der Waals surface area (Å²) in [6, 6.07) is 5.47. The summed E-state index contributed by atoms with van der Waals surface area (Å²) in [5, 5.41) is 0. The fraction of sp³-hybridized carbons (Fsp3) is 0.529. The number of nitrogens with zero attached hydrogens (tertiary/aromatic N) is 7. The summed E-state index contributed by atoms with van der Waals surface area (Å²) in [7, 11) is 5.68. The van der Waals surface area contributed by atoms with Crippen LogP contribution in [0.5, 0.6) is 5.88 Å². The number of piperazine rings is 1. The summed E-state index contributed by atoms with van der Waals surface area (Å²) < 4.78 is 20.5. The Hall–Kier alpha value is -4.19. The summed E-state index contributed by atoms with van der Waals surface area (Å²) in [5.41, 5.74) is 6.60. The van der Waals surface area contributed by atoms with E-state index >= 15 is 0 Å². The first-order valence-electron chi connectivity index (χ1n) is 16.3. The molecule has 3 atom stereocenters. The van der Waals surface area contributed by atoms with Crippen molar-refractivity contribution in [3.63, 3.8) is 0 Å². The number of likely N-dealkylation sites (N-methyl/N-ethyl adjacent to an activating group) is 2. The SMILES string of the molecule is C=C(F)C(=O)N1CC2C(=O)N(C)c3c(OC[C@@H]4CCCN4C)nc4c(c3N2C[C@H]1C)CCN(c1cccc2c1N(C)C(=O)CC2)C4. The van der Waals surface area contributed by atoms with E-state index in [4.69, 9.17) is 9.72 Å². The number of fused-ring (bicyclic) bond motifs is 6. The minimum absolute atomic E-state index is 0.0638. The van der Waals surface area contributed by atoms with Crippen molar-refractivity contribution >= 4 is 40.5 Å². The van der Waals surface area contributed by atoms with Gasteiger partial charge in [0.15, 0.2) is 5.83 Å². The maximum Gasteiger partial charge on any atom is 0.282 e. The number of carbonyl (C=O) groups excluding carboxylic acids is 3. The van der Waals surface area contributed by atoms with Crippen molar-refractivity contribution in [2.75, 3.05) is 73.5 Å². The number of aromatic nitrogens is 1. The van der Waals surface area contributed by atoms with Gasteiger partial charge in [-0.1, -0.05) is 18.7 Å². The van der Waals surface area contributed by atoms with Crippen LogP contribution in [-0.4, -0.2) is 105 Å². The summed E-state index contributed by atoms with van der Waals surface area (Å²) in [5.74, 6) is -1.45. The van der Waals surface area contributed by atoms with E-state index in [0.29, 0.717) is 50.7 Å². The first-order chi connectivity index (χ1) is 22.0. The zero-order valence-electron chi connectivity index (χ0n) is 27.1. The Balaban J connectivity index is 1.30. The van der Waals surface area contributed by atoms with Crippen LogP contribution in [0.25, 0.3) is 0 Å². The molecule has 5 aliphatic heterocycles. The number of carbonyl (C=O) groups is 3. The fourth-order valence-corrected chi connectivity index (χ4v) is 7.97. The average Bonchev–Trinajstić information content (AvgIpc) is 3.46. The number of hydrogen-bond donors (Lipinski definition) is 0. The molecule has 0 spiro atoms. The first kappa shape index (κ1) is 30.5. The molecule has 5 aliphatic rings. The molecule has 2 saturated heterocycles. The van der Waals surface area contributed by atoms with Gasteiger partial charge in [-0.3, -0.25) is 14.4 Å². The predicted octanol–water partition coefficient (Wildman–Crippen LogP) is 2.89. The lowest BCUT2D eigenvalue weighted by atomic mass is 9.93. The van der Waals surface area contributed by atoms with Crippen molar-refractivity contribution in [2.24, 2.45) is 0 Å². The van der Waals surface area contributed by atoms with Crippen LogP contribution in [0, 0.1) is 0 Å². The minimum Gasteiger partial charge on any atom is -0.474 e. The number of para-hydroxylation sites is 1. The number of halogens is 1. The third-order valence-electron chi connectivity index (χ3n) is 10.6. The third-order valence-corrected chi connectivity index (χ3v) is 10.6. The molecular weight excluding hydrogens is 589 g/mol. The van der Waals surface area contributed by atoms with Crippen LogP contribution in [0.4, 0.5) is 27.1 Å². The topological polar surface area (TPSA) is 92.8 Å². The number of anilines is 4. The highest BCUT2D eigenvalue weighted by Crippen LogP contribution is 2.48. The lowest BCUT2D eigenvalue weighted by Gasteiger charge is -2.51. The molecule has 12 heteroatoms. The summed E-state index contributed by atoms with van der Waals surface area (Å²) in [4.78, 5) is 55.9. The number of benzene rings is 1. The van der Waals surface area contributed by atoms with Crippen LogP contribution in [0.1, 0.15) is 43.0 Å². The molecule has 6 heterocycles. The number of aryl methyl sites for hydroxylation is 1. The fourth-order valence-electron chi connectivity index (χ4n) is 7.97. The molecule has 0 N–H and O–H groups in total. The Morgan fingerprint density at radius 3 is 2.59 bits per heavy atom. The molecular formula is C34H42FN7O4. The molecule has 3 amide bonds. The van der Waals surface area contributed by atoms with E-state index in [2.05, 4.69) is 46.5 Å². The van der Waals surface area contributed by atoms with E-state index in [9.17, 15) is 18.8 Å². The van der Waals surface area contributed by atoms with Crippen LogP contribution in [0.2, 0.25) is 0 Å². The van der Waals surface area contributed by atoms with Gasteiger partial charge in [0.25, 0.3) is 11.8 Å². The summed E-state index contributed by atoms with van der Waals surface area (Å²) >= 11 is 0. The lowest BCUT2D eigenvalue weighted by molar-refractivity contribution is -0.133. The Morgan fingerprint density at radius 1 is 1.04 bits per heavy atom. The largest absolute Gasteiger partial charge is 0.474 e. The van der Waals surface area contributed by atoms with E-state index in [-0.39, 0.29) is 30.4 Å². The van der Waals surface area contributed by atoms with Gasteiger partial charge in [-0.05, 0) is 57.8 Å². The molecule has 2 fully saturated rings. The average molecular weight is 632 g/mol. The second-order valence-corrected chi connectivity index (χ2v) is 13.3. The van der Waals surface area contributed by atoms with Crippen molar-refractivity contribution in [1.29, 1.82) is 0 Å². The highest BCUT2D eigenvalue weighted by molar-refractivity contribution is 6.08. The van der Waals surface area contributed by atoms with Gasteiger partial charge in [0.1, 0.15) is 18.3 Å². The molecule has 1 aromatic carbocycles. The number of pyridine rings is 1. The number of ether oxygens (including phenoxy) is 1. The van der Waals surface area contributed by atoms with Crippen molar-refractivity contribution < 1.29 is 23.5 Å². The van der Waals surface area contributed by atoms with Gasteiger partial charge in [-0.15, -0.1) is 0 Å². The Bertz CT molecular complexity index is 1630. The molecule has 0 radical (unpaired) electrons. The first-order valence-corrected chi connectivity index (χ1v) is 16.3. The van der Waals surface area contributed by atoms with Crippen molar-refractivity contribution in [2.45, 2.75) is 63.7 Å². The Labute approximate surface area is 269 Å². The van der Waals surface area contributed by atoms with Gasteiger partial charge < -0.3 is 34.1 Å². The zero-order chi connectivity index (χ0) is 32.4. The minimum atomic E-state index is -1.03. The maximum absolute atomic E-state index is 14.0. The molecule has 0 aliphatic carbocycles. The van der Waals surface area contributed by atoms with Crippen molar-refractivity contribution in [3.8, 4) is 5.88 Å². The number of rotatable bonds is 5. The molecule has 0 saturated carbocycles. The van der Waals surface area contributed by atoms with E-state index in [1.807, 2.05) is 14.0 Å². The third kappa shape index (κ3) is 4.88. The smallest absolute Gasteiger partial charge is 0.282 e.